The van der Waals surface area contributed by atoms with Gasteiger partial charge in [-0.05, 0) is 50.1 Å². The van der Waals surface area contributed by atoms with Gasteiger partial charge in [-0.1, -0.05) is 0 Å². The van der Waals surface area contributed by atoms with Gasteiger partial charge in [0.05, 0.1) is 21.1 Å². The Balaban J connectivity index is 2.35. The van der Waals surface area contributed by atoms with Crippen LogP contribution in [0, 0.1) is 0 Å². The van der Waals surface area contributed by atoms with E-state index in [1.807, 2.05) is 0 Å². The van der Waals surface area contributed by atoms with E-state index in [0.29, 0.717) is 21.8 Å². The van der Waals surface area contributed by atoms with Crippen molar-refractivity contribution >= 4 is 58.9 Å². The first-order valence-electron chi connectivity index (χ1n) is 5.72. The zero-order valence-corrected chi connectivity index (χ0v) is 15.7. The minimum atomic E-state index is -3.68. The molecule has 1 heterocycles. The van der Waals surface area contributed by atoms with Crippen LogP contribution in [0.15, 0.2) is 37.4 Å². The Hall–Kier alpha value is -0.610. The number of ether oxygens (including phenoxy) is 1. The van der Waals surface area contributed by atoms with E-state index < -0.39 is 10.0 Å². The molecule has 3 N–H and O–H groups in total. The molecule has 0 fully saturated rings. The number of halogens is 2. The van der Waals surface area contributed by atoms with Gasteiger partial charge in [0.15, 0.2) is 0 Å². The molecule has 0 aliphatic carbocycles. The van der Waals surface area contributed by atoms with Crippen LogP contribution in [0.5, 0.6) is 5.75 Å². The summed E-state index contributed by atoms with van der Waals surface area (Å²) in [5, 5.41) is 0. The lowest BCUT2D eigenvalue weighted by molar-refractivity contribution is 0.412. The Morgan fingerprint density at radius 3 is 2.62 bits per heavy atom. The fraction of sp³-hybridized carbons (Fsp3) is 0.167. The van der Waals surface area contributed by atoms with Crippen LogP contribution in [0.2, 0.25) is 0 Å². The van der Waals surface area contributed by atoms with Crippen LogP contribution < -0.4 is 15.2 Å². The highest BCUT2D eigenvalue weighted by atomic mass is 79.9. The van der Waals surface area contributed by atoms with E-state index in [9.17, 15) is 8.42 Å². The van der Waals surface area contributed by atoms with Crippen molar-refractivity contribution in [2.24, 2.45) is 5.73 Å². The van der Waals surface area contributed by atoms with E-state index in [4.69, 9.17) is 10.5 Å². The van der Waals surface area contributed by atoms with Gasteiger partial charge in [0.1, 0.15) is 10.6 Å². The molecule has 0 radical (unpaired) electrons. The van der Waals surface area contributed by atoms with Gasteiger partial charge >= 0.3 is 0 Å². The Morgan fingerprint density at radius 1 is 1.33 bits per heavy atom. The summed E-state index contributed by atoms with van der Waals surface area (Å²) in [6, 6.07) is 6.53. The number of nitrogens with two attached hydrogens (primary N) is 1. The summed E-state index contributed by atoms with van der Waals surface area (Å²) in [5.74, 6) is 0.544. The molecule has 21 heavy (non-hydrogen) atoms. The van der Waals surface area contributed by atoms with Gasteiger partial charge in [0, 0.05) is 17.5 Å². The number of sulfonamides is 1. The third-order valence-corrected chi connectivity index (χ3v) is 6.91. The molecule has 1 aromatic heterocycles. The van der Waals surface area contributed by atoms with Crippen molar-refractivity contribution in [2.75, 3.05) is 11.8 Å². The number of hydrogen-bond donors (Lipinski definition) is 2. The predicted molar refractivity (Wildman–Crippen MR) is 91.4 cm³/mol. The first-order valence-corrected chi connectivity index (χ1v) is 9.60. The van der Waals surface area contributed by atoms with Crippen LogP contribution in [-0.4, -0.2) is 15.5 Å². The molecule has 0 saturated heterocycles. The third-order valence-electron chi connectivity index (χ3n) is 2.60. The number of methoxy groups -OCH3 is 1. The van der Waals surface area contributed by atoms with Crippen molar-refractivity contribution in [3.05, 3.63) is 37.4 Å². The highest BCUT2D eigenvalue weighted by Crippen LogP contribution is 2.34. The SMILES string of the molecule is COc1cc(NS(=O)(=O)c2cc(CN)sc2Br)ccc1Br. The maximum Gasteiger partial charge on any atom is 0.263 e. The Morgan fingerprint density at radius 2 is 2.05 bits per heavy atom. The zero-order valence-electron chi connectivity index (χ0n) is 10.9. The molecule has 0 amide bonds. The van der Waals surface area contributed by atoms with Crippen molar-refractivity contribution in [3.8, 4) is 5.75 Å². The van der Waals surface area contributed by atoms with Crippen molar-refractivity contribution in [3.63, 3.8) is 0 Å². The van der Waals surface area contributed by atoms with Gasteiger partial charge in [-0.25, -0.2) is 8.42 Å². The maximum absolute atomic E-state index is 12.4. The second-order valence-electron chi connectivity index (χ2n) is 4.01. The summed E-state index contributed by atoms with van der Waals surface area (Å²) in [7, 11) is -2.17. The van der Waals surface area contributed by atoms with Crippen LogP contribution >= 0.6 is 43.2 Å². The molecule has 0 unspecified atom stereocenters. The van der Waals surface area contributed by atoms with Gasteiger partial charge in [0.2, 0.25) is 0 Å². The smallest absolute Gasteiger partial charge is 0.263 e. The van der Waals surface area contributed by atoms with Crippen molar-refractivity contribution in [1.29, 1.82) is 0 Å². The molecule has 9 heteroatoms. The normalized spacial score (nSPS) is 11.4. The zero-order chi connectivity index (χ0) is 15.6. The van der Waals surface area contributed by atoms with E-state index in [2.05, 4.69) is 36.6 Å². The van der Waals surface area contributed by atoms with E-state index in [1.54, 1.807) is 24.3 Å². The summed E-state index contributed by atoms with van der Waals surface area (Å²) in [6.45, 7) is 0.297. The standard InChI is InChI=1S/C12H12Br2N2O3S2/c1-19-10-4-7(2-3-9(10)13)16-21(17,18)11-5-8(6-15)20-12(11)14/h2-5,16H,6,15H2,1H3. The second-order valence-corrected chi connectivity index (χ2v) is 8.97. The second kappa shape index (κ2) is 6.66. The minimum Gasteiger partial charge on any atom is -0.495 e. The monoisotopic (exact) mass is 454 g/mol. The van der Waals surface area contributed by atoms with Crippen LogP contribution in [0.3, 0.4) is 0 Å². The Labute approximate surface area is 143 Å². The number of benzene rings is 1. The average molecular weight is 456 g/mol. The molecule has 2 rings (SSSR count). The molecule has 114 valence electrons. The van der Waals surface area contributed by atoms with Crippen molar-refractivity contribution in [1.82, 2.24) is 0 Å². The molecular weight excluding hydrogens is 444 g/mol. The summed E-state index contributed by atoms with van der Waals surface area (Å²) < 4.78 is 33.8. The summed E-state index contributed by atoms with van der Waals surface area (Å²) >= 11 is 7.88. The van der Waals surface area contributed by atoms with E-state index in [0.717, 1.165) is 9.35 Å². The highest BCUT2D eigenvalue weighted by Gasteiger charge is 2.21. The molecule has 1 aromatic carbocycles. The first-order chi connectivity index (χ1) is 9.87. The largest absolute Gasteiger partial charge is 0.495 e. The predicted octanol–water partition coefficient (Wildman–Crippen LogP) is 3.54. The van der Waals surface area contributed by atoms with E-state index in [-0.39, 0.29) is 4.90 Å². The Bertz CT molecular complexity index is 760. The molecular formula is C12H12Br2N2O3S2. The quantitative estimate of drug-likeness (QED) is 0.722. The molecule has 2 aromatic rings. The lowest BCUT2D eigenvalue weighted by Crippen LogP contribution is -2.12. The van der Waals surface area contributed by atoms with Crippen LogP contribution in [0.25, 0.3) is 0 Å². The molecule has 5 nitrogen and oxygen atoms in total. The fourth-order valence-corrected chi connectivity index (χ4v) is 5.64. The minimum absolute atomic E-state index is 0.176. The summed E-state index contributed by atoms with van der Waals surface area (Å²) in [5.41, 5.74) is 5.95. The van der Waals surface area contributed by atoms with Gasteiger partial charge < -0.3 is 10.5 Å². The summed E-state index contributed by atoms with van der Waals surface area (Å²) in [4.78, 5) is 0.963. The first kappa shape index (κ1) is 16.8. The molecule has 0 saturated carbocycles. The topological polar surface area (TPSA) is 81.4 Å². The summed E-state index contributed by atoms with van der Waals surface area (Å²) in [6.07, 6.45) is 0. The molecule has 0 aliphatic heterocycles. The maximum atomic E-state index is 12.4. The highest BCUT2D eigenvalue weighted by molar-refractivity contribution is 9.11. The van der Waals surface area contributed by atoms with Crippen molar-refractivity contribution in [2.45, 2.75) is 11.4 Å². The van der Waals surface area contributed by atoms with Crippen LogP contribution in [0.1, 0.15) is 4.88 Å². The molecule has 0 spiro atoms. The van der Waals surface area contributed by atoms with Gasteiger partial charge in [-0.15, -0.1) is 11.3 Å². The number of nitrogens with one attached hydrogen (secondary N) is 1. The Kier molecular flexibility index (Phi) is 5.31. The number of anilines is 1. The van der Waals surface area contributed by atoms with E-state index >= 15 is 0 Å². The fourth-order valence-electron chi connectivity index (χ4n) is 1.62. The molecule has 0 bridgehead atoms. The lowest BCUT2D eigenvalue weighted by atomic mass is 10.3. The number of thiophene rings is 1. The van der Waals surface area contributed by atoms with Gasteiger partial charge in [0.25, 0.3) is 10.0 Å². The molecule has 0 aliphatic rings. The van der Waals surface area contributed by atoms with Crippen molar-refractivity contribution < 1.29 is 13.2 Å². The average Bonchev–Trinajstić information content (AvgIpc) is 2.83. The number of hydrogen-bond acceptors (Lipinski definition) is 5. The number of rotatable bonds is 5. The van der Waals surface area contributed by atoms with Gasteiger partial charge in [-0.3, -0.25) is 4.72 Å². The van der Waals surface area contributed by atoms with Crippen LogP contribution in [0.4, 0.5) is 5.69 Å². The van der Waals surface area contributed by atoms with Gasteiger partial charge in [-0.2, -0.15) is 0 Å². The van der Waals surface area contributed by atoms with Crippen LogP contribution in [-0.2, 0) is 16.6 Å². The third kappa shape index (κ3) is 3.78. The van der Waals surface area contributed by atoms with E-state index in [1.165, 1.54) is 18.4 Å². The lowest BCUT2D eigenvalue weighted by Gasteiger charge is -2.09. The molecule has 0 atom stereocenters.